The van der Waals surface area contributed by atoms with E-state index < -0.39 is 0 Å². The summed E-state index contributed by atoms with van der Waals surface area (Å²) in [5.41, 5.74) is 2.35. The fraction of sp³-hybridized carbons (Fsp3) is 0.250. The number of rotatable bonds is 4. The molecule has 0 aliphatic rings. The summed E-state index contributed by atoms with van der Waals surface area (Å²) in [6, 6.07) is 17.4. The molecule has 2 aromatic carbocycles. The van der Waals surface area contributed by atoms with Gasteiger partial charge in [-0.3, -0.25) is 0 Å². The molecule has 0 fully saturated rings. The Morgan fingerprint density at radius 3 is 1.79 bits per heavy atom. The second kappa shape index (κ2) is 7.31. The zero-order valence-electron chi connectivity index (χ0n) is 11.2. The minimum absolute atomic E-state index is 0. The van der Waals surface area contributed by atoms with Crippen molar-refractivity contribution in [2.45, 2.75) is 25.9 Å². The highest BCUT2D eigenvalue weighted by atomic mass is 32.1. The molecule has 2 unspecified atom stereocenters. The van der Waals surface area contributed by atoms with Crippen molar-refractivity contribution in [1.82, 2.24) is 5.32 Å². The van der Waals surface area contributed by atoms with Gasteiger partial charge in [-0.15, -0.1) is 0 Å². The molecule has 0 aromatic heterocycles. The molecule has 1 N–H and O–H groups in total. The van der Waals surface area contributed by atoms with Gasteiger partial charge in [-0.25, -0.2) is 4.39 Å². The Labute approximate surface area is 121 Å². The minimum Gasteiger partial charge on any atom is -0.304 e. The minimum atomic E-state index is -0.193. The third kappa shape index (κ3) is 4.37. The van der Waals surface area contributed by atoms with Crippen molar-refractivity contribution in [3.8, 4) is 0 Å². The molecular formula is C16H20FNS. The molecule has 0 aliphatic heterocycles. The van der Waals surface area contributed by atoms with E-state index in [0.29, 0.717) is 0 Å². The highest BCUT2D eigenvalue weighted by Crippen LogP contribution is 2.19. The summed E-state index contributed by atoms with van der Waals surface area (Å²) in [4.78, 5) is 0. The van der Waals surface area contributed by atoms with Gasteiger partial charge < -0.3 is 5.32 Å². The summed E-state index contributed by atoms with van der Waals surface area (Å²) >= 11 is 0. The number of hydrogen-bond acceptors (Lipinski definition) is 1. The fourth-order valence-electron chi connectivity index (χ4n) is 2.06. The van der Waals surface area contributed by atoms with Crippen molar-refractivity contribution < 1.29 is 4.39 Å². The summed E-state index contributed by atoms with van der Waals surface area (Å²) in [5, 5.41) is 3.51. The van der Waals surface area contributed by atoms with E-state index in [4.69, 9.17) is 0 Å². The molecular weight excluding hydrogens is 257 g/mol. The Kier molecular flexibility index (Phi) is 6.06. The molecule has 0 aliphatic carbocycles. The first-order valence-electron chi connectivity index (χ1n) is 6.23. The van der Waals surface area contributed by atoms with E-state index in [1.54, 1.807) is 0 Å². The van der Waals surface area contributed by atoms with Crippen molar-refractivity contribution in [3.63, 3.8) is 0 Å². The Hall–Kier alpha value is -1.32. The first-order valence-corrected chi connectivity index (χ1v) is 6.23. The zero-order valence-corrected chi connectivity index (χ0v) is 12.2. The average Bonchev–Trinajstić information content (AvgIpc) is 2.40. The summed E-state index contributed by atoms with van der Waals surface area (Å²) in [6.07, 6.45) is 0. The smallest absolute Gasteiger partial charge is 0.123 e. The van der Waals surface area contributed by atoms with E-state index in [1.165, 1.54) is 17.7 Å². The van der Waals surface area contributed by atoms with Crippen LogP contribution in [-0.4, -0.2) is 0 Å². The van der Waals surface area contributed by atoms with Crippen LogP contribution in [0.5, 0.6) is 0 Å². The molecule has 0 saturated carbocycles. The third-order valence-electron chi connectivity index (χ3n) is 3.17. The molecule has 102 valence electrons. The van der Waals surface area contributed by atoms with E-state index in [1.807, 2.05) is 30.3 Å². The van der Waals surface area contributed by atoms with Crippen LogP contribution < -0.4 is 5.32 Å². The lowest BCUT2D eigenvalue weighted by Crippen LogP contribution is -2.22. The van der Waals surface area contributed by atoms with Gasteiger partial charge in [0, 0.05) is 12.1 Å². The standard InChI is InChI=1S/C16H18FN.H2S/c1-12(14-6-4-3-5-7-14)18-13(2)15-8-10-16(17)11-9-15;/h3-13,18H,1-2H3;1H2. The third-order valence-corrected chi connectivity index (χ3v) is 3.17. The van der Waals surface area contributed by atoms with E-state index in [9.17, 15) is 4.39 Å². The van der Waals surface area contributed by atoms with Crippen molar-refractivity contribution in [1.29, 1.82) is 0 Å². The summed E-state index contributed by atoms with van der Waals surface area (Å²) in [7, 11) is 0. The SMILES string of the molecule is CC(NC(C)c1ccc(F)cc1)c1ccccc1.S. The van der Waals surface area contributed by atoms with Crippen molar-refractivity contribution in [2.75, 3.05) is 0 Å². The quantitative estimate of drug-likeness (QED) is 0.876. The topological polar surface area (TPSA) is 12.0 Å². The highest BCUT2D eigenvalue weighted by molar-refractivity contribution is 7.59. The van der Waals surface area contributed by atoms with Gasteiger partial charge in [0.15, 0.2) is 0 Å². The van der Waals surface area contributed by atoms with Crippen molar-refractivity contribution >= 4 is 13.5 Å². The van der Waals surface area contributed by atoms with Crippen LogP contribution in [0, 0.1) is 5.82 Å². The van der Waals surface area contributed by atoms with Crippen LogP contribution in [0.25, 0.3) is 0 Å². The summed E-state index contributed by atoms with van der Waals surface area (Å²) in [5.74, 6) is -0.193. The maximum Gasteiger partial charge on any atom is 0.123 e. The van der Waals surface area contributed by atoms with Crippen molar-refractivity contribution in [3.05, 3.63) is 71.5 Å². The first-order chi connectivity index (χ1) is 8.66. The van der Waals surface area contributed by atoms with Gasteiger partial charge in [-0.05, 0) is 37.1 Å². The molecule has 0 amide bonds. The van der Waals surface area contributed by atoms with E-state index in [2.05, 4.69) is 31.3 Å². The summed E-state index contributed by atoms with van der Waals surface area (Å²) < 4.78 is 12.9. The fourth-order valence-corrected chi connectivity index (χ4v) is 2.06. The van der Waals surface area contributed by atoms with E-state index in [-0.39, 0.29) is 31.4 Å². The van der Waals surface area contributed by atoms with E-state index >= 15 is 0 Å². The lowest BCUT2D eigenvalue weighted by Gasteiger charge is -2.20. The molecule has 1 nitrogen and oxygen atoms in total. The van der Waals surface area contributed by atoms with Gasteiger partial charge in [0.25, 0.3) is 0 Å². The highest BCUT2D eigenvalue weighted by Gasteiger charge is 2.10. The zero-order chi connectivity index (χ0) is 13.0. The Balaban J connectivity index is 0.00000180. The van der Waals surface area contributed by atoms with Crippen LogP contribution in [0.3, 0.4) is 0 Å². The Morgan fingerprint density at radius 2 is 1.26 bits per heavy atom. The predicted octanol–water partition coefficient (Wildman–Crippen LogP) is 4.35. The Morgan fingerprint density at radius 1 is 0.789 bits per heavy atom. The maximum atomic E-state index is 12.9. The lowest BCUT2D eigenvalue weighted by molar-refractivity contribution is 0.494. The maximum absolute atomic E-state index is 12.9. The Bertz CT molecular complexity index is 484. The normalized spacial score (nSPS) is 13.4. The van der Waals surface area contributed by atoms with Gasteiger partial charge >= 0.3 is 0 Å². The van der Waals surface area contributed by atoms with Crippen LogP contribution in [0.2, 0.25) is 0 Å². The largest absolute Gasteiger partial charge is 0.304 e. The van der Waals surface area contributed by atoms with Crippen molar-refractivity contribution in [2.24, 2.45) is 0 Å². The second-order valence-electron chi connectivity index (χ2n) is 4.57. The molecule has 0 radical (unpaired) electrons. The van der Waals surface area contributed by atoms with Crippen LogP contribution >= 0.6 is 13.5 Å². The van der Waals surface area contributed by atoms with E-state index in [0.717, 1.165) is 5.56 Å². The molecule has 2 aromatic rings. The van der Waals surface area contributed by atoms with Crippen LogP contribution in [0.15, 0.2) is 54.6 Å². The van der Waals surface area contributed by atoms with Gasteiger partial charge in [0.2, 0.25) is 0 Å². The van der Waals surface area contributed by atoms with Crippen LogP contribution in [0.1, 0.15) is 37.1 Å². The number of halogens is 1. The monoisotopic (exact) mass is 277 g/mol. The molecule has 19 heavy (non-hydrogen) atoms. The number of hydrogen-bond donors (Lipinski definition) is 1. The summed E-state index contributed by atoms with van der Waals surface area (Å²) in [6.45, 7) is 4.22. The number of nitrogens with one attached hydrogen (secondary N) is 1. The number of benzene rings is 2. The molecule has 0 spiro atoms. The average molecular weight is 277 g/mol. The van der Waals surface area contributed by atoms with Gasteiger partial charge in [0.05, 0.1) is 0 Å². The molecule has 0 heterocycles. The van der Waals surface area contributed by atoms with Gasteiger partial charge in [0.1, 0.15) is 5.82 Å². The second-order valence-corrected chi connectivity index (χ2v) is 4.57. The van der Waals surface area contributed by atoms with Crippen LogP contribution in [0.4, 0.5) is 4.39 Å². The molecule has 2 rings (SSSR count). The predicted molar refractivity (Wildman–Crippen MR) is 83.2 cm³/mol. The molecule has 0 saturated heterocycles. The molecule has 3 heteroatoms. The van der Waals surface area contributed by atoms with Gasteiger partial charge in [-0.1, -0.05) is 42.5 Å². The lowest BCUT2D eigenvalue weighted by atomic mass is 10.0. The molecule has 2 atom stereocenters. The van der Waals surface area contributed by atoms with Crippen LogP contribution in [-0.2, 0) is 0 Å². The molecule has 0 bridgehead atoms. The van der Waals surface area contributed by atoms with Gasteiger partial charge in [-0.2, -0.15) is 13.5 Å². The first kappa shape index (κ1) is 15.7.